The minimum absolute atomic E-state index is 0.0454. The molecule has 3 atom stereocenters. The summed E-state index contributed by atoms with van der Waals surface area (Å²) < 4.78 is 74.7. The van der Waals surface area contributed by atoms with Gasteiger partial charge < -0.3 is 19.1 Å². The fraction of sp³-hybridized carbons (Fsp3) is 0.571. The molecule has 1 saturated heterocycles. The van der Waals surface area contributed by atoms with E-state index in [1.807, 2.05) is 24.3 Å². The summed E-state index contributed by atoms with van der Waals surface area (Å²) in [4.78, 5) is 17.0. The molecule has 48 heavy (non-hydrogen) atoms. The fourth-order valence-corrected chi connectivity index (χ4v) is 8.16. The third-order valence-corrected chi connectivity index (χ3v) is 11.4. The number of nitrogens with one attached hydrogen (secondary N) is 1. The molecule has 0 radical (unpaired) electrons. The van der Waals surface area contributed by atoms with Crippen LogP contribution in [0.2, 0.25) is 5.02 Å². The van der Waals surface area contributed by atoms with Gasteiger partial charge in [0.15, 0.2) is 0 Å². The van der Waals surface area contributed by atoms with Gasteiger partial charge in [-0.2, -0.15) is 0 Å². The lowest BCUT2D eigenvalue weighted by molar-refractivity contribution is -0.139. The molecule has 0 aromatic heterocycles. The van der Waals surface area contributed by atoms with Gasteiger partial charge in [0.05, 0.1) is 43.0 Å². The van der Waals surface area contributed by atoms with Gasteiger partial charge in [-0.3, -0.25) is 9.69 Å². The molecule has 3 heterocycles. The Bertz CT molecular complexity index is 1630. The van der Waals surface area contributed by atoms with Crippen molar-refractivity contribution in [3.05, 3.63) is 64.7 Å². The number of likely N-dealkylation sites (tertiary alicyclic amines) is 1. The van der Waals surface area contributed by atoms with E-state index in [4.69, 9.17) is 25.8 Å². The molecule has 2 aromatic carbocycles. The predicted octanol–water partition coefficient (Wildman–Crippen LogP) is 5.59. The zero-order valence-electron chi connectivity index (χ0n) is 27.4. The first-order valence-corrected chi connectivity index (χ1v) is 18.5. The van der Waals surface area contributed by atoms with E-state index in [0.29, 0.717) is 42.7 Å². The Kier molecular flexibility index (Phi) is 10.4. The summed E-state index contributed by atoms with van der Waals surface area (Å²) in [7, 11) is -4.24. The Morgan fingerprint density at radius 2 is 1.90 bits per heavy atom. The summed E-state index contributed by atoms with van der Waals surface area (Å²) in [6, 6.07) is 10.5. The van der Waals surface area contributed by atoms with Crippen LogP contribution in [0.1, 0.15) is 50.7 Å². The molecule has 2 fully saturated rings. The monoisotopic (exact) mass is 707 g/mol. The highest BCUT2D eigenvalue weighted by Crippen LogP contribution is 2.42. The number of benzene rings is 2. The summed E-state index contributed by atoms with van der Waals surface area (Å²) in [6.45, 7) is 4.93. The van der Waals surface area contributed by atoms with Gasteiger partial charge >= 0.3 is 0 Å². The van der Waals surface area contributed by atoms with Gasteiger partial charge in [0, 0.05) is 24.7 Å². The number of rotatable bonds is 4. The van der Waals surface area contributed by atoms with Crippen molar-refractivity contribution in [3.8, 4) is 5.75 Å². The first-order valence-electron chi connectivity index (χ1n) is 16.7. The average Bonchev–Trinajstić information content (AvgIpc) is 3.02. The molecule has 1 saturated carbocycles. The van der Waals surface area contributed by atoms with Gasteiger partial charge in [-0.25, -0.2) is 21.9 Å². The van der Waals surface area contributed by atoms with Crippen LogP contribution in [0.3, 0.4) is 0 Å². The maximum atomic E-state index is 13.6. The van der Waals surface area contributed by atoms with Crippen LogP contribution in [-0.4, -0.2) is 82.8 Å². The van der Waals surface area contributed by atoms with Crippen molar-refractivity contribution in [2.24, 2.45) is 11.8 Å². The first kappa shape index (κ1) is 35.1. The molecule has 3 aliphatic heterocycles. The number of nitrogens with zero attached hydrogens (tertiary/aromatic N) is 2. The number of hydrogen-bond donors (Lipinski definition) is 1. The highest BCUT2D eigenvalue weighted by atomic mass is 35.5. The summed E-state index contributed by atoms with van der Waals surface area (Å²) >= 11 is 6.33. The molecule has 1 amide bonds. The van der Waals surface area contributed by atoms with Crippen LogP contribution in [0.15, 0.2) is 53.4 Å². The zero-order valence-corrected chi connectivity index (χ0v) is 29.0. The van der Waals surface area contributed by atoms with Crippen molar-refractivity contribution in [1.29, 1.82) is 0 Å². The number of alkyl halides is 2. The second-order valence-corrected chi connectivity index (χ2v) is 15.9. The Morgan fingerprint density at radius 1 is 1.08 bits per heavy atom. The lowest BCUT2D eigenvalue weighted by Crippen LogP contribution is -2.57. The molecule has 2 bridgehead atoms. The smallest absolute Gasteiger partial charge is 0.272 e. The Labute approximate surface area is 286 Å². The molecule has 262 valence electrons. The van der Waals surface area contributed by atoms with E-state index in [9.17, 15) is 22.0 Å². The van der Waals surface area contributed by atoms with Crippen molar-refractivity contribution in [1.82, 2.24) is 9.62 Å². The number of ether oxygens (including phenoxy) is 3. The van der Waals surface area contributed by atoms with Gasteiger partial charge in [-0.1, -0.05) is 29.8 Å². The number of anilines is 1. The Morgan fingerprint density at radius 3 is 2.65 bits per heavy atom. The normalized spacial score (nSPS) is 27.8. The van der Waals surface area contributed by atoms with E-state index in [1.165, 1.54) is 19.9 Å². The van der Waals surface area contributed by atoms with E-state index in [-0.39, 0.29) is 49.1 Å². The van der Waals surface area contributed by atoms with Gasteiger partial charge in [0.25, 0.3) is 21.9 Å². The molecular formula is C35H44ClF2N3O6S. The Balaban J connectivity index is 1.31. The van der Waals surface area contributed by atoms with Crippen LogP contribution in [0.4, 0.5) is 14.5 Å². The van der Waals surface area contributed by atoms with E-state index < -0.39 is 27.5 Å². The van der Waals surface area contributed by atoms with E-state index in [2.05, 4.69) is 9.62 Å². The number of hydrogen-bond acceptors (Lipinski definition) is 8. The van der Waals surface area contributed by atoms with Crippen LogP contribution >= 0.6 is 11.6 Å². The highest BCUT2D eigenvalue weighted by Gasteiger charge is 2.44. The Hall–Kier alpha value is -2.77. The van der Waals surface area contributed by atoms with Crippen LogP contribution in [0.5, 0.6) is 5.75 Å². The molecule has 9 nitrogen and oxygen atoms in total. The fourth-order valence-electron chi connectivity index (χ4n) is 6.84. The maximum Gasteiger partial charge on any atom is 0.272 e. The third kappa shape index (κ3) is 8.16. The third-order valence-electron chi connectivity index (χ3n) is 9.88. The largest absolute Gasteiger partial charge is 0.487 e. The minimum atomic E-state index is -4.24. The van der Waals surface area contributed by atoms with Gasteiger partial charge in [-0.15, -0.1) is 0 Å². The van der Waals surface area contributed by atoms with Crippen molar-refractivity contribution < 1.29 is 36.2 Å². The molecule has 1 unspecified atom stereocenters. The van der Waals surface area contributed by atoms with Gasteiger partial charge in [0.2, 0.25) is 0 Å². The van der Waals surface area contributed by atoms with Crippen molar-refractivity contribution in [2.45, 2.75) is 75.1 Å². The van der Waals surface area contributed by atoms with E-state index >= 15 is 0 Å². The molecule has 2 aromatic rings. The number of sulfonamides is 1. The predicted molar refractivity (Wildman–Crippen MR) is 179 cm³/mol. The molecule has 1 aliphatic carbocycles. The summed E-state index contributed by atoms with van der Waals surface area (Å²) in [5.41, 5.74) is 1.34. The summed E-state index contributed by atoms with van der Waals surface area (Å²) in [6.07, 6.45) is 7.93. The van der Waals surface area contributed by atoms with Crippen LogP contribution in [0.25, 0.3) is 0 Å². The summed E-state index contributed by atoms with van der Waals surface area (Å²) in [5, 5.41) is 0.671. The molecule has 1 N–H and O–H groups in total. The van der Waals surface area contributed by atoms with E-state index in [0.717, 1.165) is 43.2 Å². The molecule has 6 rings (SSSR count). The molecule has 0 spiro atoms. The summed E-state index contributed by atoms with van der Waals surface area (Å²) in [5.74, 6) is -2.49. The second kappa shape index (κ2) is 14.2. The number of carbonyl (C=O) groups is 1. The van der Waals surface area contributed by atoms with Crippen LogP contribution < -0.4 is 14.4 Å². The van der Waals surface area contributed by atoms with Gasteiger partial charge in [-0.05, 0) is 99.2 Å². The number of carbonyl (C=O) groups excluding carboxylic acids is 1. The van der Waals surface area contributed by atoms with Crippen LogP contribution in [-0.2, 0) is 37.3 Å². The average molecular weight is 708 g/mol. The SMILES string of the molecule is CC1(C)OC/C=C\[C@@H](OCCN2CC(F)(F)C2)C2CC[C@H]2CN2CCCCc3cc(Cl)ccc3COc3ccc(cc32)S(=O)(=O)NC1=O. The number of amides is 1. The first-order chi connectivity index (χ1) is 22.8. The van der Waals surface area contributed by atoms with Crippen LogP contribution in [0, 0.1) is 11.8 Å². The molecule has 13 heteroatoms. The minimum Gasteiger partial charge on any atom is -0.487 e. The second-order valence-electron chi connectivity index (χ2n) is 13.8. The van der Waals surface area contributed by atoms with E-state index in [1.54, 1.807) is 23.1 Å². The lowest BCUT2D eigenvalue weighted by Gasteiger charge is -2.44. The lowest BCUT2D eigenvalue weighted by atomic mass is 9.70. The molecular weight excluding hydrogens is 664 g/mol. The van der Waals surface area contributed by atoms with Gasteiger partial charge in [0.1, 0.15) is 18.0 Å². The van der Waals surface area contributed by atoms with Crippen molar-refractivity contribution in [3.63, 3.8) is 0 Å². The zero-order chi connectivity index (χ0) is 34.1. The number of halogens is 3. The van der Waals surface area contributed by atoms with Crippen molar-refractivity contribution >= 4 is 33.2 Å². The number of aryl methyl sites for hydroxylation is 1. The standard InChI is InChI=1S/C35H44ClF2N3O6S/c1-34(2)33(42)39-48(43,44)28-11-13-32-30(19-28)41(14-4-3-6-24-18-27(36)10-8-26(24)21-46-32)20-25-9-12-29(25)31(7-5-16-47-34)45-17-15-40-22-35(37,38)23-40/h5,7-8,10-11,13,18-19,25,29,31H,3-4,6,9,12,14-17,20-23H2,1-2H3,(H,39,42)/b7-5-/t25-,29?,31+/m0/s1. The quantitative estimate of drug-likeness (QED) is 0.411. The number of fused-ring (bicyclic) bond motifs is 3. The molecule has 4 aliphatic rings. The highest BCUT2D eigenvalue weighted by molar-refractivity contribution is 7.90. The van der Waals surface area contributed by atoms with Crippen molar-refractivity contribution in [2.75, 3.05) is 50.8 Å². The maximum absolute atomic E-state index is 13.6. The topological polar surface area (TPSA) is 97.4 Å².